The number of carbonyl (C=O) groups excluding carboxylic acids is 1. The van der Waals surface area contributed by atoms with Crippen LogP contribution in [0.2, 0.25) is 0 Å². The summed E-state index contributed by atoms with van der Waals surface area (Å²) in [6.45, 7) is 1.77. The summed E-state index contributed by atoms with van der Waals surface area (Å²) in [7, 11) is 1.54. The van der Waals surface area contributed by atoms with Crippen molar-refractivity contribution in [3.8, 4) is 22.9 Å². The number of amides is 1. The zero-order valence-electron chi connectivity index (χ0n) is 10.5. The third-order valence-corrected chi connectivity index (χ3v) is 2.42. The molecule has 0 spiro atoms. The number of hydrogen-bond acceptors (Lipinski definition) is 6. The van der Waals surface area contributed by atoms with Gasteiger partial charge in [0.25, 0.3) is 0 Å². The number of nitrogens with zero attached hydrogens (tertiary/aromatic N) is 3. The number of aromatic nitrogens is 3. The number of methoxy groups -OCH3 is 1. The summed E-state index contributed by atoms with van der Waals surface area (Å²) in [5.41, 5.74) is 6.27. The number of nitrogens with two attached hydrogens (primary N) is 1. The summed E-state index contributed by atoms with van der Waals surface area (Å²) in [6, 6.07) is 3.39. The number of ether oxygens (including phenoxy) is 2. The van der Waals surface area contributed by atoms with Crippen molar-refractivity contribution in [1.82, 2.24) is 15.0 Å². The molecule has 0 bridgehead atoms. The van der Waals surface area contributed by atoms with E-state index in [0.29, 0.717) is 28.5 Å². The van der Waals surface area contributed by atoms with E-state index in [-0.39, 0.29) is 0 Å². The molecular weight excluding hydrogens is 248 g/mol. The predicted molar refractivity (Wildman–Crippen MR) is 66.8 cm³/mol. The lowest BCUT2D eigenvalue weighted by molar-refractivity contribution is 0.210. The predicted octanol–water partition coefficient (Wildman–Crippen LogP) is 1.31. The standard InChI is InChI=1S/C12H12N4O3/c1-7-3-8(18-2)4-9(10(7)19-12(13)17)11-15-5-14-6-16-11/h3-6H,1-2H3,(H2,13,17). The molecule has 1 heterocycles. The molecule has 7 heteroatoms. The Morgan fingerprint density at radius 1 is 1.26 bits per heavy atom. The third kappa shape index (κ3) is 2.76. The first-order valence-corrected chi connectivity index (χ1v) is 5.40. The Bertz CT molecular complexity index is 601. The highest BCUT2D eigenvalue weighted by Gasteiger charge is 2.16. The lowest BCUT2D eigenvalue weighted by Crippen LogP contribution is -2.17. The molecule has 1 amide bonds. The molecule has 0 saturated heterocycles. The average molecular weight is 260 g/mol. The Hall–Kier alpha value is -2.70. The monoisotopic (exact) mass is 260 g/mol. The van der Waals surface area contributed by atoms with Gasteiger partial charge in [-0.05, 0) is 24.6 Å². The van der Waals surface area contributed by atoms with E-state index in [2.05, 4.69) is 15.0 Å². The van der Waals surface area contributed by atoms with Gasteiger partial charge in [-0.2, -0.15) is 0 Å². The van der Waals surface area contributed by atoms with Gasteiger partial charge in [0, 0.05) is 0 Å². The zero-order valence-corrected chi connectivity index (χ0v) is 10.5. The quantitative estimate of drug-likeness (QED) is 0.893. The van der Waals surface area contributed by atoms with Crippen LogP contribution in [0.15, 0.2) is 24.8 Å². The topological polar surface area (TPSA) is 100 Å². The highest BCUT2D eigenvalue weighted by Crippen LogP contribution is 2.34. The van der Waals surface area contributed by atoms with Gasteiger partial charge in [0.15, 0.2) is 5.82 Å². The molecule has 2 N–H and O–H groups in total. The van der Waals surface area contributed by atoms with Crippen LogP contribution in [0.5, 0.6) is 11.5 Å². The van der Waals surface area contributed by atoms with Crippen molar-refractivity contribution in [2.24, 2.45) is 5.73 Å². The minimum Gasteiger partial charge on any atom is -0.497 e. The molecule has 0 aliphatic carbocycles. The maximum atomic E-state index is 11.0. The van der Waals surface area contributed by atoms with Crippen LogP contribution < -0.4 is 15.2 Å². The van der Waals surface area contributed by atoms with E-state index < -0.39 is 6.09 Å². The van der Waals surface area contributed by atoms with Crippen LogP contribution in [-0.4, -0.2) is 28.2 Å². The minimum absolute atomic E-state index is 0.305. The highest BCUT2D eigenvalue weighted by atomic mass is 16.5. The first-order chi connectivity index (χ1) is 9.11. The molecule has 2 rings (SSSR count). The summed E-state index contributed by atoms with van der Waals surface area (Å²) in [6.07, 6.45) is 1.81. The molecular formula is C12H12N4O3. The summed E-state index contributed by atoms with van der Waals surface area (Å²) in [5, 5.41) is 0. The average Bonchev–Trinajstić information content (AvgIpc) is 2.41. The SMILES string of the molecule is COc1cc(C)c(OC(N)=O)c(-c2ncncn2)c1. The van der Waals surface area contributed by atoms with Crippen molar-refractivity contribution in [3.05, 3.63) is 30.4 Å². The third-order valence-electron chi connectivity index (χ3n) is 2.42. The van der Waals surface area contributed by atoms with Crippen molar-refractivity contribution >= 4 is 6.09 Å². The Kier molecular flexibility index (Phi) is 3.56. The number of carbonyl (C=O) groups is 1. The van der Waals surface area contributed by atoms with E-state index in [1.165, 1.54) is 12.7 Å². The fourth-order valence-electron chi connectivity index (χ4n) is 1.64. The first kappa shape index (κ1) is 12.7. The fraction of sp³-hybridized carbons (Fsp3) is 0.167. The van der Waals surface area contributed by atoms with Gasteiger partial charge >= 0.3 is 6.09 Å². The van der Waals surface area contributed by atoms with Crippen molar-refractivity contribution in [2.45, 2.75) is 6.92 Å². The second-order valence-electron chi connectivity index (χ2n) is 3.70. The number of primary amides is 1. The van der Waals surface area contributed by atoms with Gasteiger partial charge in [0.05, 0.1) is 12.7 Å². The number of benzene rings is 1. The molecule has 2 aromatic rings. The summed E-state index contributed by atoms with van der Waals surface area (Å²) >= 11 is 0. The minimum atomic E-state index is -0.899. The molecule has 0 atom stereocenters. The number of aryl methyl sites for hydroxylation is 1. The Balaban J connectivity index is 2.61. The molecule has 0 radical (unpaired) electrons. The lowest BCUT2D eigenvalue weighted by Gasteiger charge is -2.12. The van der Waals surface area contributed by atoms with Crippen molar-refractivity contribution in [2.75, 3.05) is 7.11 Å². The second-order valence-corrected chi connectivity index (χ2v) is 3.70. The Morgan fingerprint density at radius 3 is 2.53 bits per heavy atom. The first-order valence-electron chi connectivity index (χ1n) is 5.40. The van der Waals surface area contributed by atoms with Gasteiger partial charge in [0.1, 0.15) is 24.2 Å². The molecule has 1 aromatic carbocycles. The smallest absolute Gasteiger partial charge is 0.409 e. The van der Waals surface area contributed by atoms with E-state index in [1.54, 1.807) is 26.2 Å². The number of hydrogen-bond donors (Lipinski definition) is 1. The van der Waals surface area contributed by atoms with E-state index >= 15 is 0 Å². The van der Waals surface area contributed by atoms with Crippen molar-refractivity contribution < 1.29 is 14.3 Å². The highest BCUT2D eigenvalue weighted by molar-refractivity contribution is 5.76. The summed E-state index contributed by atoms with van der Waals surface area (Å²) < 4.78 is 10.2. The molecule has 19 heavy (non-hydrogen) atoms. The summed E-state index contributed by atoms with van der Waals surface area (Å²) in [5.74, 6) is 1.28. The largest absolute Gasteiger partial charge is 0.497 e. The van der Waals surface area contributed by atoms with Gasteiger partial charge in [-0.15, -0.1) is 0 Å². The van der Waals surface area contributed by atoms with Gasteiger partial charge < -0.3 is 15.2 Å². The molecule has 7 nitrogen and oxygen atoms in total. The second kappa shape index (κ2) is 5.30. The van der Waals surface area contributed by atoms with Crippen LogP contribution >= 0.6 is 0 Å². The van der Waals surface area contributed by atoms with Gasteiger partial charge in [-0.1, -0.05) is 0 Å². The molecule has 0 saturated carbocycles. The van der Waals surface area contributed by atoms with Crippen LogP contribution in [0.25, 0.3) is 11.4 Å². The molecule has 0 aliphatic rings. The maximum Gasteiger partial charge on any atom is 0.409 e. The van der Waals surface area contributed by atoms with E-state index in [0.717, 1.165) is 0 Å². The zero-order chi connectivity index (χ0) is 13.8. The molecule has 0 fully saturated rings. The van der Waals surface area contributed by atoms with Crippen molar-refractivity contribution in [1.29, 1.82) is 0 Å². The fourth-order valence-corrected chi connectivity index (χ4v) is 1.64. The van der Waals surface area contributed by atoms with Crippen LogP contribution in [0.3, 0.4) is 0 Å². The van der Waals surface area contributed by atoms with E-state index in [4.69, 9.17) is 15.2 Å². The van der Waals surface area contributed by atoms with Gasteiger partial charge in [-0.3, -0.25) is 0 Å². The number of rotatable bonds is 3. The van der Waals surface area contributed by atoms with Crippen LogP contribution in [-0.2, 0) is 0 Å². The van der Waals surface area contributed by atoms with Crippen LogP contribution in [0.1, 0.15) is 5.56 Å². The molecule has 98 valence electrons. The van der Waals surface area contributed by atoms with Crippen LogP contribution in [0.4, 0.5) is 4.79 Å². The van der Waals surface area contributed by atoms with Gasteiger partial charge in [0.2, 0.25) is 0 Å². The van der Waals surface area contributed by atoms with Crippen LogP contribution in [0, 0.1) is 6.92 Å². The molecule has 0 unspecified atom stereocenters. The maximum absolute atomic E-state index is 11.0. The Labute approximate surface area is 109 Å². The van der Waals surface area contributed by atoms with E-state index in [1.807, 2.05) is 0 Å². The lowest BCUT2D eigenvalue weighted by atomic mass is 10.1. The Morgan fingerprint density at radius 2 is 1.95 bits per heavy atom. The van der Waals surface area contributed by atoms with Gasteiger partial charge in [-0.25, -0.2) is 19.7 Å². The summed E-state index contributed by atoms with van der Waals surface area (Å²) in [4.78, 5) is 22.8. The normalized spacial score (nSPS) is 10.0. The molecule has 1 aromatic heterocycles. The van der Waals surface area contributed by atoms with E-state index in [9.17, 15) is 4.79 Å². The molecule has 0 aliphatic heterocycles. The van der Waals surface area contributed by atoms with Crippen molar-refractivity contribution in [3.63, 3.8) is 0 Å².